The maximum Gasteiger partial charge on any atom is 0.407 e. The molecule has 2 aromatic carbocycles. The largest absolute Gasteiger partial charge is 0.445 e. The molecule has 164 valence electrons. The number of carbonyl (C=O) groups is 1. The number of benzene rings is 2. The van der Waals surface area contributed by atoms with Crippen LogP contribution in [0.4, 0.5) is 18.0 Å². The fourth-order valence-electron chi connectivity index (χ4n) is 5.23. The van der Waals surface area contributed by atoms with E-state index in [0.717, 1.165) is 68.9 Å². The van der Waals surface area contributed by atoms with Crippen molar-refractivity contribution in [3.05, 3.63) is 58.9 Å². The number of fused-ring (bicyclic) bond motifs is 4. The second-order valence-corrected chi connectivity index (χ2v) is 8.83. The first kappa shape index (κ1) is 20.4. The highest BCUT2D eigenvalue weighted by Gasteiger charge is 2.37. The molecule has 0 aromatic heterocycles. The number of nitrogens with zero attached hydrogens (tertiary/aromatic N) is 1. The molecule has 0 spiro atoms. The van der Waals surface area contributed by atoms with Crippen molar-refractivity contribution in [2.45, 2.75) is 44.2 Å². The van der Waals surface area contributed by atoms with Gasteiger partial charge in [0.15, 0.2) is 11.6 Å². The zero-order chi connectivity index (χ0) is 21.5. The molecule has 1 unspecified atom stereocenters. The summed E-state index contributed by atoms with van der Waals surface area (Å²) in [6.45, 7) is 2.98. The summed E-state index contributed by atoms with van der Waals surface area (Å²) in [5.41, 5.74) is 2.45. The minimum atomic E-state index is -1.20. The normalized spacial score (nSPS) is 26.9. The monoisotopic (exact) mass is 430 g/mol. The lowest BCUT2D eigenvalue weighted by Gasteiger charge is -2.44. The third-order valence-electron chi connectivity index (χ3n) is 6.92. The SMILES string of the molecule is O=C(NC1CCCc2cc(-c3cc(F)c(F)cc3F)ccc21)O[C@@H]1CN2CCC1CC2. The van der Waals surface area contributed by atoms with Crippen LogP contribution in [0.25, 0.3) is 11.1 Å². The van der Waals surface area contributed by atoms with Gasteiger partial charge in [-0.1, -0.05) is 18.2 Å². The minimum Gasteiger partial charge on any atom is -0.445 e. The summed E-state index contributed by atoms with van der Waals surface area (Å²) in [6, 6.07) is 6.60. The van der Waals surface area contributed by atoms with E-state index >= 15 is 0 Å². The highest BCUT2D eigenvalue weighted by molar-refractivity contribution is 5.69. The number of hydrogen-bond donors (Lipinski definition) is 1. The van der Waals surface area contributed by atoms with E-state index < -0.39 is 23.5 Å². The number of nitrogens with one attached hydrogen (secondary N) is 1. The van der Waals surface area contributed by atoms with Crippen LogP contribution < -0.4 is 5.32 Å². The standard InChI is InChI=1S/C24H25F3N2O2/c25-19-12-21(27)20(26)11-18(19)16-4-5-17-15(10-16)2-1-3-22(17)28-24(30)31-23-13-29-8-6-14(23)7-9-29/h4-5,10-12,14,22-23H,1-3,6-9,13H2,(H,28,30)/t22?,23-/m1/s1. The van der Waals surface area contributed by atoms with Gasteiger partial charge in [0.05, 0.1) is 6.04 Å². The third kappa shape index (κ3) is 4.03. The van der Waals surface area contributed by atoms with E-state index in [9.17, 15) is 18.0 Å². The van der Waals surface area contributed by atoms with Gasteiger partial charge in [-0.25, -0.2) is 18.0 Å². The number of amides is 1. The number of carbonyl (C=O) groups excluding carboxylic acids is 1. The van der Waals surface area contributed by atoms with Gasteiger partial charge in [-0.05, 0) is 73.9 Å². The first-order chi connectivity index (χ1) is 15.0. The zero-order valence-electron chi connectivity index (χ0n) is 17.2. The van der Waals surface area contributed by atoms with E-state index in [1.54, 1.807) is 12.1 Å². The molecule has 0 saturated carbocycles. The molecular weight excluding hydrogens is 405 g/mol. The molecule has 7 heteroatoms. The second-order valence-electron chi connectivity index (χ2n) is 8.83. The zero-order valence-corrected chi connectivity index (χ0v) is 17.2. The topological polar surface area (TPSA) is 41.6 Å². The van der Waals surface area contributed by atoms with Crippen molar-refractivity contribution < 1.29 is 22.7 Å². The fraction of sp³-hybridized carbons (Fsp3) is 0.458. The molecule has 4 nitrogen and oxygen atoms in total. The maximum atomic E-state index is 14.2. The Hall–Kier alpha value is -2.54. The van der Waals surface area contributed by atoms with E-state index in [4.69, 9.17) is 4.74 Å². The molecule has 2 bridgehead atoms. The van der Waals surface area contributed by atoms with Gasteiger partial charge < -0.3 is 10.1 Å². The lowest BCUT2D eigenvalue weighted by atomic mass is 9.85. The fourth-order valence-corrected chi connectivity index (χ4v) is 5.23. The van der Waals surface area contributed by atoms with Gasteiger partial charge in [0, 0.05) is 18.2 Å². The van der Waals surface area contributed by atoms with Gasteiger partial charge in [-0.15, -0.1) is 0 Å². The van der Waals surface area contributed by atoms with Crippen molar-refractivity contribution >= 4 is 6.09 Å². The number of hydrogen-bond acceptors (Lipinski definition) is 3. The summed E-state index contributed by atoms with van der Waals surface area (Å²) in [5.74, 6) is -2.64. The molecule has 1 N–H and O–H groups in total. The van der Waals surface area contributed by atoms with Gasteiger partial charge in [-0.3, -0.25) is 4.90 Å². The molecule has 2 atom stereocenters. The van der Waals surface area contributed by atoms with Crippen molar-refractivity contribution in [2.24, 2.45) is 5.92 Å². The predicted molar refractivity (Wildman–Crippen MR) is 110 cm³/mol. The summed E-state index contributed by atoms with van der Waals surface area (Å²) in [7, 11) is 0. The van der Waals surface area contributed by atoms with Crippen molar-refractivity contribution in [3.8, 4) is 11.1 Å². The van der Waals surface area contributed by atoms with Crippen LogP contribution in [0.1, 0.15) is 42.9 Å². The van der Waals surface area contributed by atoms with Crippen LogP contribution in [-0.2, 0) is 11.2 Å². The molecule has 3 saturated heterocycles. The smallest absolute Gasteiger partial charge is 0.407 e. The number of halogens is 3. The van der Waals surface area contributed by atoms with Gasteiger partial charge >= 0.3 is 6.09 Å². The van der Waals surface area contributed by atoms with Crippen LogP contribution in [0.5, 0.6) is 0 Å². The Balaban J connectivity index is 1.31. The highest BCUT2D eigenvalue weighted by Crippen LogP contribution is 2.35. The van der Waals surface area contributed by atoms with Gasteiger partial charge in [0.1, 0.15) is 11.9 Å². The quantitative estimate of drug-likeness (QED) is 0.700. The molecule has 3 aliphatic heterocycles. The van der Waals surface area contributed by atoms with Crippen molar-refractivity contribution in [2.75, 3.05) is 19.6 Å². The summed E-state index contributed by atoms with van der Waals surface area (Å²) in [4.78, 5) is 14.9. The Labute approximate surface area is 179 Å². The molecule has 31 heavy (non-hydrogen) atoms. The van der Waals surface area contributed by atoms with Crippen LogP contribution in [0.2, 0.25) is 0 Å². The second kappa shape index (κ2) is 8.19. The molecule has 6 rings (SSSR count). The molecule has 3 heterocycles. The predicted octanol–water partition coefficient (Wildman–Crippen LogP) is 4.97. The minimum absolute atomic E-state index is 0.0264. The van der Waals surface area contributed by atoms with Crippen LogP contribution >= 0.6 is 0 Å². The van der Waals surface area contributed by atoms with E-state index in [0.29, 0.717) is 17.5 Å². The van der Waals surface area contributed by atoms with E-state index in [-0.39, 0.29) is 17.7 Å². The molecule has 3 fully saturated rings. The molecule has 4 aliphatic rings. The highest BCUT2D eigenvalue weighted by atomic mass is 19.2. The molecular formula is C24H25F3N2O2. The maximum absolute atomic E-state index is 14.2. The summed E-state index contributed by atoms with van der Waals surface area (Å²) in [5, 5.41) is 3.01. The molecule has 0 radical (unpaired) electrons. The number of rotatable bonds is 3. The van der Waals surface area contributed by atoms with Crippen molar-refractivity contribution in [3.63, 3.8) is 0 Å². The molecule has 1 amide bonds. The number of aryl methyl sites for hydroxylation is 1. The van der Waals surface area contributed by atoms with E-state index in [1.807, 2.05) is 6.07 Å². The molecule has 1 aliphatic carbocycles. The first-order valence-electron chi connectivity index (χ1n) is 10.9. The Morgan fingerprint density at radius 3 is 2.52 bits per heavy atom. The Morgan fingerprint density at radius 2 is 1.77 bits per heavy atom. The number of ether oxygens (including phenoxy) is 1. The van der Waals surface area contributed by atoms with E-state index in [1.165, 1.54) is 0 Å². The van der Waals surface area contributed by atoms with Gasteiger partial charge in [0.25, 0.3) is 0 Å². The first-order valence-corrected chi connectivity index (χ1v) is 10.9. The van der Waals surface area contributed by atoms with Crippen LogP contribution in [0.3, 0.4) is 0 Å². The number of alkyl carbamates (subject to hydrolysis) is 1. The van der Waals surface area contributed by atoms with Crippen molar-refractivity contribution in [1.82, 2.24) is 10.2 Å². The van der Waals surface area contributed by atoms with Crippen LogP contribution in [-0.4, -0.2) is 36.7 Å². The summed E-state index contributed by atoms with van der Waals surface area (Å²) < 4.78 is 46.9. The Morgan fingerprint density at radius 1 is 1.00 bits per heavy atom. The lowest BCUT2D eigenvalue weighted by molar-refractivity contribution is -0.0340. The van der Waals surface area contributed by atoms with Gasteiger partial charge in [-0.2, -0.15) is 0 Å². The third-order valence-corrected chi connectivity index (χ3v) is 6.92. The van der Waals surface area contributed by atoms with Crippen LogP contribution in [0, 0.1) is 23.4 Å². The average molecular weight is 430 g/mol. The summed E-state index contributed by atoms with van der Waals surface area (Å²) >= 11 is 0. The Bertz CT molecular complexity index is 1000. The van der Waals surface area contributed by atoms with Gasteiger partial charge in [0.2, 0.25) is 0 Å². The Kier molecular flexibility index (Phi) is 5.38. The van der Waals surface area contributed by atoms with E-state index in [2.05, 4.69) is 10.2 Å². The lowest BCUT2D eigenvalue weighted by Crippen LogP contribution is -2.52. The number of piperidine rings is 3. The summed E-state index contributed by atoms with van der Waals surface area (Å²) in [6.07, 6.45) is 4.14. The molecule has 2 aromatic rings. The van der Waals surface area contributed by atoms with Crippen LogP contribution in [0.15, 0.2) is 30.3 Å². The van der Waals surface area contributed by atoms with Crippen molar-refractivity contribution in [1.29, 1.82) is 0 Å². The average Bonchev–Trinajstić information content (AvgIpc) is 2.77.